The molecule has 26 heavy (non-hydrogen) atoms. The number of carbonyl (C=O) groups excluding carboxylic acids is 2. The van der Waals surface area contributed by atoms with Crippen LogP contribution in [0.4, 0.5) is 14.9 Å². The highest BCUT2D eigenvalue weighted by molar-refractivity contribution is 5.89. The van der Waals surface area contributed by atoms with E-state index in [1.807, 2.05) is 35.2 Å². The number of anilines is 1. The van der Waals surface area contributed by atoms with E-state index in [9.17, 15) is 14.0 Å². The molecule has 1 unspecified atom stereocenters. The lowest BCUT2D eigenvalue weighted by atomic mass is 10.0. The maximum atomic E-state index is 12.9. The number of hydrogen-bond acceptors (Lipinski definition) is 3. The lowest BCUT2D eigenvalue weighted by Gasteiger charge is -2.38. The van der Waals surface area contributed by atoms with Crippen LogP contribution in [0.2, 0.25) is 0 Å². The van der Waals surface area contributed by atoms with Crippen molar-refractivity contribution in [3.8, 4) is 0 Å². The van der Waals surface area contributed by atoms with Crippen molar-refractivity contribution in [3.63, 3.8) is 0 Å². The van der Waals surface area contributed by atoms with Crippen LogP contribution < -0.4 is 11.1 Å². The molecule has 1 atom stereocenters. The van der Waals surface area contributed by atoms with E-state index in [4.69, 9.17) is 5.73 Å². The lowest BCUT2D eigenvalue weighted by Crippen LogP contribution is -2.52. The van der Waals surface area contributed by atoms with Gasteiger partial charge in [0.05, 0.1) is 0 Å². The Morgan fingerprint density at radius 2 is 1.58 bits per heavy atom. The molecule has 136 valence electrons. The predicted octanol–water partition coefficient (Wildman–Crippen LogP) is 2.20. The van der Waals surface area contributed by atoms with Gasteiger partial charge in [-0.1, -0.05) is 30.3 Å². The van der Waals surface area contributed by atoms with E-state index in [-0.39, 0.29) is 11.8 Å². The van der Waals surface area contributed by atoms with Crippen molar-refractivity contribution in [2.75, 3.05) is 31.5 Å². The number of benzene rings is 2. The largest absolute Gasteiger partial charge is 0.368 e. The first-order valence-electron chi connectivity index (χ1n) is 8.44. The Hall–Kier alpha value is -2.93. The monoisotopic (exact) mass is 356 g/mol. The number of piperazine rings is 1. The molecule has 1 aliphatic heterocycles. The van der Waals surface area contributed by atoms with Gasteiger partial charge in [-0.3, -0.25) is 9.69 Å². The quantitative estimate of drug-likeness (QED) is 0.882. The van der Waals surface area contributed by atoms with Gasteiger partial charge in [-0.25, -0.2) is 9.18 Å². The summed E-state index contributed by atoms with van der Waals surface area (Å²) in [5, 5.41) is 2.75. The van der Waals surface area contributed by atoms with Gasteiger partial charge in [-0.15, -0.1) is 0 Å². The van der Waals surface area contributed by atoms with E-state index >= 15 is 0 Å². The van der Waals surface area contributed by atoms with Gasteiger partial charge >= 0.3 is 6.03 Å². The summed E-state index contributed by atoms with van der Waals surface area (Å²) in [5.41, 5.74) is 7.00. The zero-order chi connectivity index (χ0) is 18.5. The molecular weight excluding hydrogens is 335 g/mol. The second-order valence-electron chi connectivity index (χ2n) is 6.18. The molecule has 6 nitrogen and oxygen atoms in total. The molecule has 3 amide bonds. The third-order valence-electron chi connectivity index (χ3n) is 4.45. The third-order valence-corrected chi connectivity index (χ3v) is 4.45. The van der Waals surface area contributed by atoms with Gasteiger partial charge < -0.3 is 16.0 Å². The second-order valence-corrected chi connectivity index (χ2v) is 6.18. The van der Waals surface area contributed by atoms with Gasteiger partial charge in [0, 0.05) is 31.9 Å². The van der Waals surface area contributed by atoms with Crippen LogP contribution in [0.15, 0.2) is 54.6 Å². The van der Waals surface area contributed by atoms with Crippen LogP contribution in [0.25, 0.3) is 0 Å². The van der Waals surface area contributed by atoms with E-state index in [0.29, 0.717) is 31.9 Å². The van der Waals surface area contributed by atoms with Crippen molar-refractivity contribution in [1.82, 2.24) is 9.80 Å². The van der Waals surface area contributed by atoms with E-state index in [1.165, 1.54) is 24.3 Å². The molecule has 0 saturated carbocycles. The number of nitrogens with one attached hydrogen (secondary N) is 1. The molecule has 7 heteroatoms. The minimum absolute atomic E-state index is 0.244. The number of hydrogen-bond donors (Lipinski definition) is 2. The molecule has 1 heterocycles. The zero-order valence-corrected chi connectivity index (χ0v) is 14.3. The summed E-state index contributed by atoms with van der Waals surface area (Å²) in [5.74, 6) is -0.754. The number of halogens is 1. The second kappa shape index (κ2) is 7.97. The van der Waals surface area contributed by atoms with Gasteiger partial charge in [0.25, 0.3) is 0 Å². The van der Waals surface area contributed by atoms with E-state index in [2.05, 4.69) is 5.32 Å². The molecule has 0 radical (unpaired) electrons. The van der Waals surface area contributed by atoms with Gasteiger partial charge in [0.1, 0.15) is 11.9 Å². The van der Waals surface area contributed by atoms with Crippen molar-refractivity contribution < 1.29 is 14.0 Å². The fraction of sp³-hybridized carbons (Fsp3) is 0.263. The standard InChI is InChI=1S/C19H21FN4O2/c20-15-6-8-16(9-7-15)22-19(26)24-12-10-23(11-13-24)17(18(21)25)14-4-2-1-3-5-14/h1-9,17H,10-13H2,(H2,21,25)(H,22,26). The van der Waals surface area contributed by atoms with E-state index in [0.717, 1.165) is 5.56 Å². The fourth-order valence-electron chi connectivity index (χ4n) is 3.11. The first kappa shape index (κ1) is 17.9. The molecule has 1 fully saturated rings. The number of amides is 3. The van der Waals surface area contributed by atoms with Crippen molar-refractivity contribution in [2.24, 2.45) is 5.73 Å². The van der Waals surface area contributed by atoms with Crippen LogP contribution in [0.5, 0.6) is 0 Å². The van der Waals surface area contributed by atoms with Crippen molar-refractivity contribution in [3.05, 3.63) is 66.0 Å². The average Bonchev–Trinajstić information content (AvgIpc) is 2.65. The van der Waals surface area contributed by atoms with Gasteiger partial charge in [0.15, 0.2) is 0 Å². The molecular formula is C19H21FN4O2. The predicted molar refractivity (Wildman–Crippen MR) is 96.9 cm³/mol. The number of primary amides is 1. The van der Waals surface area contributed by atoms with Crippen molar-refractivity contribution in [2.45, 2.75) is 6.04 Å². The van der Waals surface area contributed by atoms with Gasteiger partial charge in [-0.05, 0) is 29.8 Å². The molecule has 0 aliphatic carbocycles. The van der Waals surface area contributed by atoms with Crippen LogP contribution in [0.3, 0.4) is 0 Å². The summed E-state index contributed by atoms with van der Waals surface area (Å²) >= 11 is 0. The highest BCUT2D eigenvalue weighted by atomic mass is 19.1. The lowest BCUT2D eigenvalue weighted by molar-refractivity contribution is -0.124. The molecule has 3 N–H and O–H groups in total. The molecule has 0 bridgehead atoms. The number of carbonyl (C=O) groups is 2. The van der Waals surface area contributed by atoms with E-state index in [1.54, 1.807) is 4.90 Å². The number of nitrogens with zero attached hydrogens (tertiary/aromatic N) is 2. The number of rotatable bonds is 4. The van der Waals surface area contributed by atoms with Crippen LogP contribution in [0.1, 0.15) is 11.6 Å². The Morgan fingerprint density at radius 1 is 0.962 bits per heavy atom. The summed E-state index contributed by atoms with van der Waals surface area (Å²) in [4.78, 5) is 27.9. The Morgan fingerprint density at radius 3 is 2.15 bits per heavy atom. The van der Waals surface area contributed by atoms with Crippen LogP contribution in [-0.2, 0) is 4.79 Å². The van der Waals surface area contributed by atoms with Gasteiger partial charge in [0.2, 0.25) is 5.91 Å². The SMILES string of the molecule is NC(=O)C(c1ccccc1)N1CCN(C(=O)Nc2ccc(F)cc2)CC1. The van der Waals surface area contributed by atoms with E-state index < -0.39 is 11.9 Å². The number of urea groups is 1. The molecule has 0 spiro atoms. The Labute approximate surface area is 151 Å². The van der Waals surface area contributed by atoms with Crippen molar-refractivity contribution >= 4 is 17.6 Å². The van der Waals surface area contributed by atoms with Crippen LogP contribution in [-0.4, -0.2) is 47.9 Å². The highest BCUT2D eigenvalue weighted by Gasteiger charge is 2.30. The average molecular weight is 356 g/mol. The summed E-state index contributed by atoms with van der Waals surface area (Å²) < 4.78 is 12.9. The Bertz CT molecular complexity index is 759. The molecule has 2 aromatic rings. The minimum atomic E-state index is -0.501. The van der Waals surface area contributed by atoms with Crippen molar-refractivity contribution in [1.29, 1.82) is 0 Å². The fourth-order valence-corrected chi connectivity index (χ4v) is 3.11. The maximum Gasteiger partial charge on any atom is 0.321 e. The number of nitrogens with two attached hydrogens (primary N) is 1. The highest BCUT2D eigenvalue weighted by Crippen LogP contribution is 2.22. The minimum Gasteiger partial charge on any atom is -0.368 e. The molecule has 2 aromatic carbocycles. The van der Waals surface area contributed by atoms with Gasteiger partial charge in [-0.2, -0.15) is 0 Å². The molecule has 1 aliphatic rings. The van der Waals surface area contributed by atoms with Crippen LogP contribution >= 0.6 is 0 Å². The Balaban J connectivity index is 1.60. The normalized spacial score (nSPS) is 16.1. The summed E-state index contributed by atoms with van der Waals surface area (Å²) in [7, 11) is 0. The van der Waals surface area contributed by atoms with Crippen LogP contribution in [0, 0.1) is 5.82 Å². The molecule has 3 rings (SSSR count). The summed E-state index contributed by atoms with van der Waals surface area (Å²) in [6, 6.07) is 14.3. The first-order valence-corrected chi connectivity index (χ1v) is 8.44. The Kier molecular flexibility index (Phi) is 5.48. The molecule has 1 saturated heterocycles. The topological polar surface area (TPSA) is 78.7 Å². The first-order chi connectivity index (χ1) is 12.5. The smallest absolute Gasteiger partial charge is 0.321 e. The summed E-state index contributed by atoms with van der Waals surface area (Å²) in [6.07, 6.45) is 0. The summed E-state index contributed by atoms with van der Waals surface area (Å²) in [6.45, 7) is 2.03. The zero-order valence-electron chi connectivity index (χ0n) is 14.3. The third kappa shape index (κ3) is 4.18. The maximum absolute atomic E-state index is 12.9. The molecule has 0 aromatic heterocycles.